The summed E-state index contributed by atoms with van der Waals surface area (Å²) in [6, 6.07) is 3.42. The Morgan fingerprint density at radius 2 is 2.15 bits per heavy atom. The molecule has 0 heterocycles. The highest BCUT2D eigenvalue weighted by Gasteiger charge is 2.12. The van der Waals surface area contributed by atoms with Crippen LogP contribution in [-0.2, 0) is 0 Å². The molecule has 0 aliphatic carbocycles. The van der Waals surface area contributed by atoms with Crippen LogP contribution in [0.25, 0.3) is 0 Å². The zero-order valence-electron chi connectivity index (χ0n) is 7.34. The van der Waals surface area contributed by atoms with Crippen LogP contribution in [-0.4, -0.2) is 12.2 Å². The van der Waals surface area contributed by atoms with Crippen LogP contribution in [0.4, 0.5) is 0 Å². The highest BCUT2D eigenvalue weighted by atomic mass is 79.9. The Hall–Kier alpha value is -0.250. The van der Waals surface area contributed by atoms with Crippen molar-refractivity contribution in [2.45, 2.75) is 13.0 Å². The normalized spacial score (nSPS) is 12.7. The Kier molecular flexibility index (Phi) is 3.59. The van der Waals surface area contributed by atoms with Gasteiger partial charge >= 0.3 is 0 Å². The van der Waals surface area contributed by atoms with E-state index in [1.807, 2.05) is 0 Å². The molecular weight excluding hydrogens is 255 g/mol. The van der Waals surface area contributed by atoms with Crippen molar-refractivity contribution in [3.8, 4) is 5.75 Å². The highest BCUT2D eigenvalue weighted by Crippen LogP contribution is 2.35. The number of ether oxygens (including phenoxy) is 1. The van der Waals surface area contributed by atoms with E-state index in [2.05, 4.69) is 15.9 Å². The molecule has 0 saturated heterocycles. The Morgan fingerprint density at radius 1 is 1.54 bits per heavy atom. The van der Waals surface area contributed by atoms with Gasteiger partial charge in [-0.1, -0.05) is 11.6 Å². The molecule has 0 aliphatic rings. The average molecular weight is 266 g/mol. The fourth-order valence-electron chi connectivity index (χ4n) is 1.11. The van der Waals surface area contributed by atoms with Gasteiger partial charge in [0.1, 0.15) is 5.75 Å². The van der Waals surface area contributed by atoms with Gasteiger partial charge in [0.15, 0.2) is 0 Å². The quantitative estimate of drug-likeness (QED) is 0.890. The third kappa shape index (κ3) is 2.36. The molecule has 2 nitrogen and oxygen atoms in total. The second-order valence-corrected chi connectivity index (χ2v) is 3.98. The number of aliphatic hydroxyl groups excluding tert-OH is 1. The van der Waals surface area contributed by atoms with Gasteiger partial charge in [-0.05, 0) is 35.0 Å². The van der Waals surface area contributed by atoms with Crippen LogP contribution in [0.3, 0.4) is 0 Å². The second-order valence-electron chi connectivity index (χ2n) is 2.69. The minimum absolute atomic E-state index is 0.573. The predicted molar refractivity (Wildman–Crippen MR) is 56.3 cm³/mol. The van der Waals surface area contributed by atoms with E-state index in [0.717, 1.165) is 4.47 Å². The molecule has 0 saturated carbocycles. The lowest BCUT2D eigenvalue weighted by atomic mass is 10.1. The van der Waals surface area contributed by atoms with Crippen molar-refractivity contribution in [2.24, 2.45) is 0 Å². The molecule has 1 rings (SSSR count). The van der Waals surface area contributed by atoms with Gasteiger partial charge in [0.2, 0.25) is 0 Å². The molecule has 13 heavy (non-hydrogen) atoms. The van der Waals surface area contributed by atoms with E-state index in [-0.39, 0.29) is 0 Å². The maximum absolute atomic E-state index is 9.43. The van der Waals surface area contributed by atoms with Crippen molar-refractivity contribution in [3.05, 3.63) is 27.2 Å². The lowest BCUT2D eigenvalue weighted by Gasteiger charge is -2.12. The van der Waals surface area contributed by atoms with E-state index >= 15 is 0 Å². The zero-order chi connectivity index (χ0) is 10.0. The molecule has 0 spiro atoms. The molecule has 1 unspecified atom stereocenters. The number of methoxy groups -OCH3 is 1. The first-order valence-electron chi connectivity index (χ1n) is 3.77. The zero-order valence-corrected chi connectivity index (χ0v) is 9.69. The molecular formula is C9H10BrClO2. The molecule has 0 bridgehead atoms. The monoisotopic (exact) mass is 264 g/mol. The predicted octanol–water partition coefficient (Wildman–Crippen LogP) is 3.16. The summed E-state index contributed by atoms with van der Waals surface area (Å²) in [6.45, 7) is 1.67. The van der Waals surface area contributed by atoms with Gasteiger partial charge in [0, 0.05) is 10.6 Å². The van der Waals surface area contributed by atoms with Crippen LogP contribution < -0.4 is 4.74 Å². The number of hydrogen-bond donors (Lipinski definition) is 1. The van der Waals surface area contributed by atoms with Crippen molar-refractivity contribution in [1.29, 1.82) is 0 Å². The summed E-state index contributed by atoms with van der Waals surface area (Å²) in [4.78, 5) is 0. The van der Waals surface area contributed by atoms with Crippen LogP contribution in [0.5, 0.6) is 5.75 Å². The van der Waals surface area contributed by atoms with E-state index < -0.39 is 6.10 Å². The smallest absolute Gasteiger partial charge is 0.138 e. The third-order valence-electron chi connectivity index (χ3n) is 1.69. The second kappa shape index (κ2) is 4.31. The molecule has 1 N–H and O–H groups in total. The van der Waals surface area contributed by atoms with Crippen LogP contribution in [0.15, 0.2) is 16.6 Å². The lowest BCUT2D eigenvalue weighted by Crippen LogP contribution is -1.97. The summed E-state index contributed by atoms with van der Waals surface area (Å²) >= 11 is 9.13. The molecule has 0 aliphatic heterocycles. The lowest BCUT2D eigenvalue weighted by molar-refractivity contribution is 0.194. The fourth-order valence-corrected chi connectivity index (χ4v) is 2.10. The largest absolute Gasteiger partial charge is 0.495 e. The highest BCUT2D eigenvalue weighted by molar-refractivity contribution is 9.10. The minimum Gasteiger partial charge on any atom is -0.495 e. The molecule has 0 fully saturated rings. The van der Waals surface area contributed by atoms with E-state index in [0.29, 0.717) is 16.3 Å². The number of halogens is 2. The van der Waals surface area contributed by atoms with Gasteiger partial charge in [0.25, 0.3) is 0 Å². The first-order chi connectivity index (χ1) is 6.06. The van der Waals surface area contributed by atoms with Gasteiger partial charge in [0.05, 0.1) is 17.7 Å². The molecule has 0 radical (unpaired) electrons. The Morgan fingerprint density at radius 3 is 2.62 bits per heavy atom. The summed E-state index contributed by atoms with van der Waals surface area (Å²) in [5.74, 6) is 0.624. The van der Waals surface area contributed by atoms with Crippen molar-refractivity contribution in [1.82, 2.24) is 0 Å². The topological polar surface area (TPSA) is 29.5 Å². The number of rotatable bonds is 2. The van der Waals surface area contributed by atoms with Gasteiger partial charge < -0.3 is 9.84 Å². The molecule has 72 valence electrons. The van der Waals surface area contributed by atoms with Crippen LogP contribution >= 0.6 is 27.5 Å². The number of benzene rings is 1. The Balaban J connectivity index is 3.29. The van der Waals surface area contributed by atoms with Gasteiger partial charge in [-0.3, -0.25) is 0 Å². The van der Waals surface area contributed by atoms with Crippen molar-refractivity contribution < 1.29 is 9.84 Å². The SMILES string of the molecule is COc1c(Br)cc(Cl)cc1C(C)O. The number of hydrogen-bond acceptors (Lipinski definition) is 2. The van der Waals surface area contributed by atoms with E-state index in [1.165, 1.54) is 0 Å². The van der Waals surface area contributed by atoms with Crippen molar-refractivity contribution in [3.63, 3.8) is 0 Å². The maximum Gasteiger partial charge on any atom is 0.138 e. The van der Waals surface area contributed by atoms with Gasteiger partial charge in [-0.15, -0.1) is 0 Å². The Bertz CT molecular complexity index is 313. The van der Waals surface area contributed by atoms with Crippen LogP contribution in [0, 0.1) is 0 Å². The summed E-state index contributed by atoms with van der Waals surface area (Å²) in [5.41, 5.74) is 0.682. The van der Waals surface area contributed by atoms with E-state index in [4.69, 9.17) is 16.3 Å². The third-order valence-corrected chi connectivity index (χ3v) is 2.50. The summed E-state index contributed by atoms with van der Waals surface area (Å²) in [7, 11) is 1.56. The summed E-state index contributed by atoms with van der Waals surface area (Å²) < 4.78 is 5.88. The number of aliphatic hydroxyl groups is 1. The van der Waals surface area contributed by atoms with Gasteiger partial charge in [-0.25, -0.2) is 0 Å². The first-order valence-corrected chi connectivity index (χ1v) is 4.94. The van der Waals surface area contributed by atoms with Crippen molar-refractivity contribution >= 4 is 27.5 Å². The maximum atomic E-state index is 9.43. The molecule has 1 aromatic rings. The standard InChI is InChI=1S/C9H10BrClO2/c1-5(12)7-3-6(11)4-8(10)9(7)13-2/h3-5,12H,1-2H3. The molecule has 4 heteroatoms. The minimum atomic E-state index is -0.593. The van der Waals surface area contributed by atoms with Crippen LogP contribution in [0.2, 0.25) is 5.02 Å². The van der Waals surface area contributed by atoms with Crippen molar-refractivity contribution in [2.75, 3.05) is 7.11 Å². The van der Waals surface area contributed by atoms with E-state index in [9.17, 15) is 5.11 Å². The van der Waals surface area contributed by atoms with E-state index in [1.54, 1.807) is 26.2 Å². The first kappa shape index (κ1) is 10.8. The Labute approximate surface area is 90.6 Å². The van der Waals surface area contributed by atoms with Gasteiger partial charge in [-0.2, -0.15) is 0 Å². The molecule has 1 aromatic carbocycles. The average Bonchev–Trinajstić information content (AvgIpc) is 2.02. The summed E-state index contributed by atoms with van der Waals surface area (Å²) in [6.07, 6.45) is -0.593. The molecule has 0 amide bonds. The molecule has 0 aromatic heterocycles. The fraction of sp³-hybridized carbons (Fsp3) is 0.333. The van der Waals surface area contributed by atoms with Crippen LogP contribution in [0.1, 0.15) is 18.6 Å². The molecule has 1 atom stereocenters. The summed E-state index contributed by atoms with van der Waals surface area (Å²) in [5, 5.41) is 10.00.